The molecule has 36 heavy (non-hydrogen) atoms. The summed E-state index contributed by atoms with van der Waals surface area (Å²) in [4.78, 5) is 45.0. The molecular weight excluding hydrogens is 462 g/mol. The van der Waals surface area contributed by atoms with Gasteiger partial charge in [0.25, 0.3) is 0 Å². The molecule has 3 aromatic rings. The van der Waals surface area contributed by atoms with Crippen LogP contribution in [0.15, 0.2) is 65.4 Å². The van der Waals surface area contributed by atoms with E-state index in [0.717, 1.165) is 12.8 Å². The molecule has 10 nitrogen and oxygen atoms in total. The number of hydrogen-bond donors (Lipinski definition) is 2. The van der Waals surface area contributed by atoms with Crippen LogP contribution >= 0.6 is 0 Å². The van der Waals surface area contributed by atoms with Crippen LogP contribution in [0, 0.1) is 6.92 Å². The zero-order chi connectivity index (χ0) is 25.3. The lowest BCUT2D eigenvalue weighted by molar-refractivity contribution is -0.127. The summed E-state index contributed by atoms with van der Waals surface area (Å²) in [6, 6.07) is 13.0. The van der Waals surface area contributed by atoms with Crippen molar-refractivity contribution in [2.75, 3.05) is 23.4 Å². The van der Waals surface area contributed by atoms with E-state index in [2.05, 4.69) is 20.8 Å². The summed E-state index contributed by atoms with van der Waals surface area (Å²) in [6.07, 6.45) is 4.75. The minimum atomic E-state index is -0.953. The van der Waals surface area contributed by atoms with Crippen LogP contribution in [-0.4, -0.2) is 47.1 Å². The van der Waals surface area contributed by atoms with E-state index >= 15 is 0 Å². The Morgan fingerprint density at radius 1 is 1.11 bits per heavy atom. The summed E-state index contributed by atoms with van der Waals surface area (Å²) in [6.45, 7) is 2.75. The zero-order valence-electron chi connectivity index (χ0n) is 20.1. The van der Waals surface area contributed by atoms with Gasteiger partial charge in [-0.25, -0.2) is 0 Å². The maximum atomic E-state index is 13.6. The van der Waals surface area contributed by atoms with Gasteiger partial charge >= 0.3 is 0 Å². The number of carbonyl (C=O) groups is 3. The molecule has 3 heterocycles. The van der Waals surface area contributed by atoms with Gasteiger partial charge in [0.15, 0.2) is 5.82 Å². The van der Waals surface area contributed by atoms with Crippen molar-refractivity contribution >= 4 is 29.2 Å². The second-order valence-corrected chi connectivity index (χ2v) is 8.53. The molecule has 0 aliphatic carbocycles. The monoisotopic (exact) mass is 491 g/mol. The molecule has 2 aromatic heterocycles. The minimum absolute atomic E-state index is 0.0446. The highest BCUT2D eigenvalue weighted by Crippen LogP contribution is 2.29. The summed E-state index contributed by atoms with van der Waals surface area (Å²) in [5, 5.41) is 9.31. The lowest BCUT2D eigenvalue weighted by Gasteiger charge is -2.31. The number of para-hydroxylation sites is 1. The van der Waals surface area contributed by atoms with Crippen LogP contribution in [-0.2, 0) is 19.1 Å². The van der Waals surface area contributed by atoms with E-state index in [1.165, 1.54) is 4.90 Å². The number of rotatable bonds is 10. The topological polar surface area (TPSA) is 127 Å². The van der Waals surface area contributed by atoms with E-state index < -0.39 is 6.04 Å². The molecule has 0 spiro atoms. The number of amides is 3. The Labute approximate surface area is 209 Å². The molecule has 0 bridgehead atoms. The molecule has 0 unspecified atom stereocenters. The van der Waals surface area contributed by atoms with Crippen LogP contribution in [0.4, 0.5) is 11.5 Å². The molecule has 1 aliphatic heterocycles. The number of nitrogens with one attached hydrogen (secondary N) is 2. The molecule has 0 saturated carbocycles. The SMILES string of the molecule is Cc1cc(NC(=O)CCC(=O)N(c2ccccc2)[C@H](C(=O)NC[C@H]2CCCO2)c2ccncc2)no1. The van der Waals surface area contributed by atoms with Crippen molar-refractivity contribution in [1.82, 2.24) is 15.5 Å². The highest BCUT2D eigenvalue weighted by atomic mass is 16.5. The zero-order valence-corrected chi connectivity index (χ0v) is 20.1. The fraction of sp³-hybridized carbons (Fsp3) is 0.346. The normalized spacial score (nSPS) is 15.8. The molecular formula is C26H29N5O5. The molecule has 188 valence electrons. The summed E-state index contributed by atoms with van der Waals surface area (Å²) in [5.74, 6) is -0.245. The third kappa shape index (κ3) is 6.54. The summed E-state index contributed by atoms with van der Waals surface area (Å²) in [5.41, 5.74) is 1.15. The number of anilines is 2. The van der Waals surface area contributed by atoms with Crippen LogP contribution in [0.2, 0.25) is 0 Å². The molecule has 2 atom stereocenters. The summed E-state index contributed by atoms with van der Waals surface area (Å²) >= 11 is 0. The van der Waals surface area contributed by atoms with Crippen molar-refractivity contribution in [2.45, 2.75) is 44.8 Å². The molecule has 1 aromatic carbocycles. The van der Waals surface area contributed by atoms with Gasteiger partial charge in [0.05, 0.1) is 6.10 Å². The average Bonchev–Trinajstić information content (AvgIpc) is 3.57. The van der Waals surface area contributed by atoms with E-state index in [0.29, 0.717) is 30.2 Å². The molecule has 4 rings (SSSR count). The standard InChI is InChI=1S/C26H29N5O5/c1-18-16-22(30-36-18)29-23(32)9-10-24(33)31(20-6-3-2-4-7-20)25(19-11-13-27-14-12-19)26(34)28-17-21-8-5-15-35-21/h2-4,6-7,11-14,16,21,25H,5,8-10,15,17H2,1H3,(H,28,34)(H,29,30,32)/t21-,25+/m1/s1. The smallest absolute Gasteiger partial charge is 0.247 e. The quantitative estimate of drug-likeness (QED) is 0.446. The maximum absolute atomic E-state index is 13.6. The number of nitrogens with zero attached hydrogens (tertiary/aromatic N) is 3. The van der Waals surface area contributed by atoms with Crippen molar-refractivity contribution in [3.05, 3.63) is 72.2 Å². The lowest BCUT2D eigenvalue weighted by atomic mass is 10.0. The lowest BCUT2D eigenvalue weighted by Crippen LogP contribution is -2.45. The van der Waals surface area contributed by atoms with Crippen LogP contribution in [0.3, 0.4) is 0 Å². The van der Waals surface area contributed by atoms with Gasteiger partial charge < -0.3 is 19.9 Å². The first-order valence-electron chi connectivity index (χ1n) is 11.9. The molecule has 2 N–H and O–H groups in total. The fourth-order valence-electron chi connectivity index (χ4n) is 4.08. The number of benzene rings is 1. The fourth-order valence-corrected chi connectivity index (χ4v) is 4.08. The van der Waals surface area contributed by atoms with E-state index in [1.54, 1.807) is 61.8 Å². The number of hydrogen-bond acceptors (Lipinski definition) is 7. The number of carbonyl (C=O) groups excluding carboxylic acids is 3. The first-order valence-corrected chi connectivity index (χ1v) is 11.9. The Morgan fingerprint density at radius 3 is 2.56 bits per heavy atom. The van der Waals surface area contributed by atoms with Crippen LogP contribution < -0.4 is 15.5 Å². The first-order chi connectivity index (χ1) is 17.5. The molecule has 3 amide bonds. The third-order valence-electron chi connectivity index (χ3n) is 5.82. The van der Waals surface area contributed by atoms with Gasteiger partial charge in [-0.2, -0.15) is 0 Å². The van der Waals surface area contributed by atoms with Crippen LogP contribution in [0.5, 0.6) is 0 Å². The Bertz CT molecular complexity index is 1160. The van der Waals surface area contributed by atoms with Gasteiger partial charge in [0.1, 0.15) is 11.8 Å². The Hall–Kier alpha value is -4.05. The first kappa shape index (κ1) is 25.1. The predicted molar refractivity (Wildman–Crippen MR) is 132 cm³/mol. The summed E-state index contributed by atoms with van der Waals surface area (Å²) in [7, 11) is 0. The maximum Gasteiger partial charge on any atom is 0.247 e. The number of aryl methyl sites for hydroxylation is 1. The van der Waals surface area contributed by atoms with Crippen molar-refractivity contribution in [3.8, 4) is 0 Å². The van der Waals surface area contributed by atoms with Gasteiger partial charge in [-0.05, 0) is 49.6 Å². The van der Waals surface area contributed by atoms with Gasteiger partial charge in [-0.1, -0.05) is 23.4 Å². The second kappa shape index (κ2) is 12.1. The van der Waals surface area contributed by atoms with Gasteiger partial charge in [0, 0.05) is 50.1 Å². The van der Waals surface area contributed by atoms with Crippen molar-refractivity contribution in [2.24, 2.45) is 0 Å². The predicted octanol–water partition coefficient (Wildman–Crippen LogP) is 3.17. The van der Waals surface area contributed by atoms with Gasteiger partial charge in [-0.3, -0.25) is 24.3 Å². The highest BCUT2D eigenvalue weighted by Gasteiger charge is 2.33. The highest BCUT2D eigenvalue weighted by molar-refractivity contribution is 6.03. The van der Waals surface area contributed by atoms with Gasteiger partial charge in [-0.15, -0.1) is 0 Å². The molecule has 0 radical (unpaired) electrons. The van der Waals surface area contributed by atoms with E-state index in [1.807, 2.05) is 6.07 Å². The summed E-state index contributed by atoms with van der Waals surface area (Å²) < 4.78 is 10.6. The second-order valence-electron chi connectivity index (χ2n) is 8.53. The van der Waals surface area contributed by atoms with Crippen molar-refractivity contribution in [3.63, 3.8) is 0 Å². The Balaban J connectivity index is 1.55. The average molecular weight is 492 g/mol. The van der Waals surface area contributed by atoms with Crippen molar-refractivity contribution < 1.29 is 23.6 Å². The van der Waals surface area contributed by atoms with Crippen LogP contribution in [0.25, 0.3) is 0 Å². The van der Waals surface area contributed by atoms with E-state index in [-0.39, 0.29) is 42.5 Å². The number of pyridine rings is 1. The molecule has 10 heteroatoms. The number of aromatic nitrogens is 2. The molecule has 1 saturated heterocycles. The number of ether oxygens (including phenoxy) is 1. The van der Waals surface area contributed by atoms with Gasteiger partial charge in [0.2, 0.25) is 17.7 Å². The Kier molecular flexibility index (Phi) is 8.40. The van der Waals surface area contributed by atoms with Crippen LogP contribution in [0.1, 0.15) is 43.0 Å². The molecule has 1 fully saturated rings. The Morgan fingerprint density at radius 2 is 1.89 bits per heavy atom. The van der Waals surface area contributed by atoms with Crippen molar-refractivity contribution in [1.29, 1.82) is 0 Å². The minimum Gasteiger partial charge on any atom is -0.376 e. The van der Waals surface area contributed by atoms with E-state index in [9.17, 15) is 14.4 Å². The third-order valence-corrected chi connectivity index (χ3v) is 5.82. The largest absolute Gasteiger partial charge is 0.376 e. The molecule has 1 aliphatic rings. The van der Waals surface area contributed by atoms with E-state index in [4.69, 9.17) is 9.26 Å².